The van der Waals surface area contributed by atoms with Crippen molar-refractivity contribution in [2.45, 2.75) is 18.9 Å². The van der Waals surface area contributed by atoms with Crippen molar-refractivity contribution in [2.75, 3.05) is 18.4 Å². The normalized spacial score (nSPS) is 17.7. The lowest BCUT2D eigenvalue weighted by atomic mass is 10.1. The first-order valence-electron chi connectivity index (χ1n) is 5.10. The molecule has 15 heavy (non-hydrogen) atoms. The fourth-order valence-corrected chi connectivity index (χ4v) is 2.29. The van der Waals surface area contributed by atoms with Gasteiger partial charge in [-0.15, -0.1) is 0 Å². The first-order chi connectivity index (χ1) is 7.24. The molecule has 1 heterocycles. The van der Waals surface area contributed by atoms with Gasteiger partial charge in [-0.25, -0.2) is 5.32 Å². The first kappa shape index (κ1) is 11.1. The highest BCUT2D eigenvalue weighted by Crippen LogP contribution is 2.24. The van der Waals surface area contributed by atoms with E-state index in [9.17, 15) is 0 Å². The first-order valence-corrected chi connectivity index (χ1v) is 5.85. The molecule has 1 aliphatic rings. The number of hydrogen-bond donors (Lipinski definition) is 1. The quantitative estimate of drug-likeness (QED) is 0.849. The maximum Gasteiger partial charge on any atom is 0.0441 e. The van der Waals surface area contributed by atoms with E-state index in [1.165, 1.54) is 0 Å². The van der Waals surface area contributed by atoms with E-state index in [-0.39, 0.29) is 0 Å². The SMILES string of the molecule is Clc1cc(Cl)cc(NC2CC[N]CC2)c1. The summed E-state index contributed by atoms with van der Waals surface area (Å²) < 4.78 is 0. The van der Waals surface area contributed by atoms with Gasteiger partial charge in [0.25, 0.3) is 0 Å². The van der Waals surface area contributed by atoms with Crippen molar-refractivity contribution in [1.82, 2.24) is 5.32 Å². The van der Waals surface area contributed by atoms with E-state index in [1.54, 1.807) is 6.07 Å². The fourth-order valence-electron chi connectivity index (χ4n) is 1.77. The average molecular weight is 244 g/mol. The van der Waals surface area contributed by atoms with Crippen LogP contribution in [0.5, 0.6) is 0 Å². The van der Waals surface area contributed by atoms with E-state index < -0.39 is 0 Å². The summed E-state index contributed by atoms with van der Waals surface area (Å²) in [5.41, 5.74) is 0.999. The van der Waals surface area contributed by atoms with E-state index >= 15 is 0 Å². The predicted molar refractivity (Wildman–Crippen MR) is 65.0 cm³/mol. The largest absolute Gasteiger partial charge is 0.382 e. The van der Waals surface area contributed by atoms with Gasteiger partial charge in [-0.2, -0.15) is 0 Å². The Morgan fingerprint density at radius 3 is 2.27 bits per heavy atom. The average Bonchev–Trinajstić information content (AvgIpc) is 2.17. The zero-order chi connectivity index (χ0) is 10.7. The minimum absolute atomic E-state index is 0.497. The predicted octanol–water partition coefficient (Wildman–Crippen LogP) is 3.17. The van der Waals surface area contributed by atoms with Gasteiger partial charge in [0.1, 0.15) is 0 Å². The molecule has 1 aromatic carbocycles. The van der Waals surface area contributed by atoms with Crippen LogP contribution in [0.3, 0.4) is 0 Å². The van der Waals surface area contributed by atoms with E-state index in [2.05, 4.69) is 10.6 Å². The molecule has 4 heteroatoms. The van der Waals surface area contributed by atoms with Gasteiger partial charge in [-0.3, -0.25) is 0 Å². The van der Waals surface area contributed by atoms with Crippen molar-refractivity contribution >= 4 is 28.9 Å². The van der Waals surface area contributed by atoms with Crippen LogP contribution in [-0.4, -0.2) is 19.1 Å². The molecule has 2 nitrogen and oxygen atoms in total. The second kappa shape index (κ2) is 5.06. The molecule has 1 aromatic rings. The lowest BCUT2D eigenvalue weighted by Gasteiger charge is -2.23. The number of halogens is 2. The van der Waals surface area contributed by atoms with Crippen LogP contribution in [-0.2, 0) is 0 Å². The summed E-state index contributed by atoms with van der Waals surface area (Å²) in [7, 11) is 0. The molecule has 1 fully saturated rings. The topological polar surface area (TPSA) is 26.1 Å². The second-order valence-electron chi connectivity index (χ2n) is 3.75. The van der Waals surface area contributed by atoms with Crippen LogP contribution in [0.4, 0.5) is 5.69 Å². The standard InChI is InChI=1S/C11H13Cl2N2/c12-8-5-9(13)7-11(6-8)15-10-1-3-14-4-2-10/h5-7,10,15H,1-4H2. The summed E-state index contributed by atoms with van der Waals surface area (Å²) >= 11 is 11.8. The van der Waals surface area contributed by atoms with Crippen molar-refractivity contribution in [3.8, 4) is 0 Å². The molecule has 0 aliphatic carbocycles. The van der Waals surface area contributed by atoms with Gasteiger partial charge in [-0.05, 0) is 31.0 Å². The van der Waals surface area contributed by atoms with Crippen molar-refractivity contribution in [3.05, 3.63) is 28.2 Å². The Bertz CT molecular complexity index is 315. The van der Waals surface area contributed by atoms with Crippen LogP contribution in [0.1, 0.15) is 12.8 Å². The van der Waals surface area contributed by atoms with Crippen LogP contribution in [0, 0.1) is 0 Å². The summed E-state index contributed by atoms with van der Waals surface area (Å²) in [6, 6.07) is 6.04. The molecule has 0 unspecified atom stereocenters. The molecule has 1 radical (unpaired) electrons. The maximum atomic E-state index is 5.92. The van der Waals surface area contributed by atoms with Gasteiger partial charge in [-0.1, -0.05) is 23.2 Å². The van der Waals surface area contributed by atoms with Gasteiger partial charge in [0.2, 0.25) is 0 Å². The van der Waals surface area contributed by atoms with Crippen molar-refractivity contribution in [2.24, 2.45) is 0 Å². The smallest absolute Gasteiger partial charge is 0.0441 e. The Hall–Kier alpha value is -0.440. The Labute approximate surface area is 100.0 Å². The molecule has 1 aliphatic heterocycles. The third kappa shape index (κ3) is 3.26. The summed E-state index contributed by atoms with van der Waals surface area (Å²) in [5.74, 6) is 0. The number of benzene rings is 1. The molecule has 0 amide bonds. The highest BCUT2D eigenvalue weighted by Gasteiger charge is 2.13. The Morgan fingerprint density at radius 1 is 1.07 bits per heavy atom. The number of anilines is 1. The van der Waals surface area contributed by atoms with E-state index in [1.807, 2.05) is 12.1 Å². The highest BCUT2D eigenvalue weighted by molar-refractivity contribution is 6.35. The Kier molecular flexibility index (Phi) is 3.73. The summed E-state index contributed by atoms with van der Waals surface area (Å²) in [5, 5.41) is 9.09. The molecule has 0 aromatic heterocycles. The summed E-state index contributed by atoms with van der Waals surface area (Å²) in [6.07, 6.45) is 2.17. The molecule has 1 N–H and O–H groups in total. The Balaban J connectivity index is 2.02. The highest BCUT2D eigenvalue weighted by atomic mass is 35.5. The van der Waals surface area contributed by atoms with Crippen molar-refractivity contribution in [1.29, 1.82) is 0 Å². The molecule has 0 spiro atoms. The molecule has 81 valence electrons. The second-order valence-corrected chi connectivity index (χ2v) is 4.62. The molecule has 0 saturated carbocycles. The molecule has 1 saturated heterocycles. The van der Waals surface area contributed by atoms with Crippen LogP contribution < -0.4 is 10.6 Å². The zero-order valence-corrected chi connectivity index (χ0v) is 9.85. The number of nitrogens with one attached hydrogen (secondary N) is 1. The third-order valence-corrected chi connectivity index (χ3v) is 2.94. The minimum Gasteiger partial charge on any atom is -0.382 e. The number of piperidine rings is 1. The monoisotopic (exact) mass is 243 g/mol. The molecule has 0 bridgehead atoms. The Morgan fingerprint density at radius 2 is 1.67 bits per heavy atom. The van der Waals surface area contributed by atoms with E-state index in [0.29, 0.717) is 16.1 Å². The van der Waals surface area contributed by atoms with Gasteiger partial charge >= 0.3 is 0 Å². The van der Waals surface area contributed by atoms with Crippen molar-refractivity contribution in [3.63, 3.8) is 0 Å². The van der Waals surface area contributed by atoms with Gasteiger partial charge in [0.15, 0.2) is 0 Å². The lowest BCUT2D eigenvalue weighted by Crippen LogP contribution is -2.31. The number of hydrogen-bond acceptors (Lipinski definition) is 1. The summed E-state index contributed by atoms with van der Waals surface area (Å²) in [4.78, 5) is 0. The summed E-state index contributed by atoms with van der Waals surface area (Å²) in [6.45, 7) is 1.90. The van der Waals surface area contributed by atoms with Crippen LogP contribution in [0.15, 0.2) is 18.2 Å². The van der Waals surface area contributed by atoms with Gasteiger partial charge < -0.3 is 5.32 Å². The van der Waals surface area contributed by atoms with E-state index in [0.717, 1.165) is 31.6 Å². The lowest BCUT2D eigenvalue weighted by molar-refractivity contribution is 0.472. The van der Waals surface area contributed by atoms with E-state index in [4.69, 9.17) is 23.2 Å². The van der Waals surface area contributed by atoms with Gasteiger partial charge in [0, 0.05) is 34.9 Å². The molecular weight excluding hydrogens is 231 g/mol. The molecular formula is C11H13Cl2N2. The number of rotatable bonds is 2. The van der Waals surface area contributed by atoms with Crippen LogP contribution in [0.25, 0.3) is 0 Å². The van der Waals surface area contributed by atoms with Gasteiger partial charge in [0.05, 0.1) is 0 Å². The number of nitrogens with zero attached hydrogens (tertiary/aromatic N) is 1. The molecule has 2 rings (SSSR count). The maximum absolute atomic E-state index is 5.92. The van der Waals surface area contributed by atoms with Crippen LogP contribution >= 0.6 is 23.2 Å². The zero-order valence-electron chi connectivity index (χ0n) is 8.34. The van der Waals surface area contributed by atoms with Crippen LogP contribution in [0.2, 0.25) is 10.0 Å². The minimum atomic E-state index is 0.497. The van der Waals surface area contributed by atoms with Crippen molar-refractivity contribution < 1.29 is 0 Å². The molecule has 0 atom stereocenters. The fraction of sp³-hybridized carbons (Fsp3) is 0.455. The third-order valence-electron chi connectivity index (χ3n) is 2.50.